The molecule has 22 heavy (non-hydrogen) atoms. The lowest BCUT2D eigenvalue weighted by atomic mass is 10.1. The molecular weight excluding hydrogens is 304 g/mol. The molecule has 3 rings (SSSR count). The van der Waals surface area contributed by atoms with Crippen molar-refractivity contribution in [1.29, 1.82) is 0 Å². The summed E-state index contributed by atoms with van der Waals surface area (Å²) in [4.78, 5) is 16.6. The Kier molecular flexibility index (Phi) is 3.66. The highest BCUT2D eigenvalue weighted by atomic mass is 35.5. The Morgan fingerprint density at radius 2 is 2.05 bits per heavy atom. The molecule has 0 fully saturated rings. The first-order valence-electron chi connectivity index (χ1n) is 6.82. The number of aromatic nitrogens is 2. The quantitative estimate of drug-likeness (QED) is 0.688. The third kappa shape index (κ3) is 2.60. The summed E-state index contributed by atoms with van der Waals surface area (Å²) in [7, 11) is 0. The minimum absolute atomic E-state index is 0.0985. The van der Waals surface area contributed by atoms with E-state index in [1.54, 1.807) is 35.9 Å². The number of carbonyl (C=O) groups excluding carboxylic acids is 1. The van der Waals surface area contributed by atoms with E-state index in [9.17, 15) is 4.79 Å². The minimum Gasteiger partial charge on any atom is -0.465 e. The number of ether oxygens (including phenoxy) is 1. The molecule has 6 heteroatoms. The third-order valence-corrected chi connectivity index (χ3v) is 3.81. The van der Waals surface area contributed by atoms with Gasteiger partial charge in [0.15, 0.2) is 0 Å². The molecule has 3 aromatic heterocycles. The Bertz CT molecular complexity index is 864. The van der Waals surface area contributed by atoms with Crippen LogP contribution in [0.5, 0.6) is 0 Å². The molecule has 0 saturated heterocycles. The summed E-state index contributed by atoms with van der Waals surface area (Å²) < 4.78 is 12.6. The van der Waals surface area contributed by atoms with Gasteiger partial charge in [0.1, 0.15) is 29.3 Å². The van der Waals surface area contributed by atoms with E-state index in [-0.39, 0.29) is 6.61 Å². The molecule has 0 aliphatic carbocycles. The van der Waals surface area contributed by atoms with Crippen LogP contribution < -0.4 is 0 Å². The first-order chi connectivity index (χ1) is 10.5. The lowest BCUT2D eigenvalue weighted by Gasteiger charge is -2.02. The van der Waals surface area contributed by atoms with Gasteiger partial charge >= 0.3 is 5.97 Å². The van der Waals surface area contributed by atoms with Crippen LogP contribution in [0, 0.1) is 20.8 Å². The number of furan rings is 1. The Morgan fingerprint density at radius 3 is 2.73 bits per heavy atom. The number of fused-ring (bicyclic) bond motifs is 1. The largest absolute Gasteiger partial charge is 0.465 e. The standard InChI is InChI=1S/C16H15ClN2O3/c1-9-10(2)22-11(3)15(9)16(20)21-8-13-7-19-6-12(17)4-5-14(19)18-13/h4-7H,8H2,1-3H3. The van der Waals surface area contributed by atoms with E-state index < -0.39 is 5.97 Å². The van der Waals surface area contributed by atoms with E-state index >= 15 is 0 Å². The van der Waals surface area contributed by atoms with Gasteiger partial charge in [0.25, 0.3) is 0 Å². The number of aryl methyl sites for hydroxylation is 2. The second-order valence-electron chi connectivity index (χ2n) is 5.14. The number of nitrogens with zero attached hydrogens (tertiary/aromatic N) is 2. The van der Waals surface area contributed by atoms with Crippen LogP contribution in [-0.4, -0.2) is 15.4 Å². The highest BCUT2D eigenvalue weighted by molar-refractivity contribution is 6.30. The number of halogens is 1. The number of hydrogen-bond acceptors (Lipinski definition) is 4. The van der Waals surface area contributed by atoms with Gasteiger partial charge in [0.2, 0.25) is 0 Å². The fraction of sp³-hybridized carbons (Fsp3) is 0.250. The smallest absolute Gasteiger partial charge is 0.342 e. The predicted molar refractivity (Wildman–Crippen MR) is 82.2 cm³/mol. The molecule has 0 unspecified atom stereocenters. The maximum atomic E-state index is 12.2. The SMILES string of the molecule is Cc1oc(C)c(C(=O)OCc2cn3cc(Cl)ccc3n2)c1C. The fourth-order valence-electron chi connectivity index (χ4n) is 2.39. The van der Waals surface area contributed by atoms with Crippen LogP contribution in [0.25, 0.3) is 5.65 Å². The van der Waals surface area contributed by atoms with E-state index in [4.69, 9.17) is 20.8 Å². The average Bonchev–Trinajstić information content (AvgIpc) is 2.97. The second kappa shape index (κ2) is 5.50. The highest BCUT2D eigenvalue weighted by Gasteiger charge is 2.20. The van der Waals surface area contributed by atoms with Gasteiger partial charge in [-0.2, -0.15) is 0 Å². The first-order valence-corrected chi connectivity index (χ1v) is 7.20. The molecule has 0 aliphatic rings. The van der Waals surface area contributed by atoms with Gasteiger partial charge in [-0.25, -0.2) is 9.78 Å². The van der Waals surface area contributed by atoms with Crippen LogP contribution in [0.3, 0.4) is 0 Å². The van der Waals surface area contributed by atoms with Gasteiger partial charge in [-0.15, -0.1) is 0 Å². The molecule has 114 valence electrons. The van der Waals surface area contributed by atoms with Gasteiger partial charge in [-0.05, 0) is 32.9 Å². The minimum atomic E-state index is -0.401. The Morgan fingerprint density at radius 1 is 1.27 bits per heavy atom. The molecule has 0 saturated carbocycles. The second-order valence-corrected chi connectivity index (χ2v) is 5.57. The molecule has 0 aliphatic heterocycles. The fourth-order valence-corrected chi connectivity index (χ4v) is 2.56. The van der Waals surface area contributed by atoms with E-state index in [0.29, 0.717) is 22.0 Å². The number of imidazole rings is 1. The zero-order chi connectivity index (χ0) is 15.9. The summed E-state index contributed by atoms with van der Waals surface area (Å²) in [6, 6.07) is 3.57. The van der Waals surface area contributed by atoms with Crippen LogP contribution in [0.2, 0.25) is 5.02 Å². The van der Waals surface area contributed by atoms with E-state index in [2.05, 4.69) is 4.98 Å². The Balaban J connectivity index is 1.77. The highest BCUT2D eigenvalue weighted by Crippen LogP contribution is 2.22. The van der Waals surface area contributed by atoms with Crippen LogP contribution in [0.1, 0.15) is 33.1 Å². The van der Waals surface area contributed by atoms with Crippen molar-refractivity contribution >= 4 is 23.2 Å². The molecule has 5 nitrogen and oxygen atoms in total. The monoisotopic (exact) mass is 318 g/mol. The van der Waals surface area contributed by atoms with Gasteiger partial charge in [-0.1, -0.05) is 11.6 Å². The molecule has 3 heterocycles. The molecule has 0 spiro atoms. The van der Waals surface area contributed by atoms with Crippen molar-refractivity contribution in [2.75, 3.05) is 0 Å². The average molecular weight is 319 g/mol. The van der Waals surface area contributed by atoms with Gasteiger partial charge < -0.3 is 13.6 Å². The Labute approximate surface area is 132 Å². The number of carbonyl (C=O) groups is 1. The summed E-state index contributed by atoms with van der Waals surface area (Å²) in [5.74, 6) is 0.899. The van der Waals surface area contributed by atoms with Crippen molar-refractivity contribution in [2.24, 2.45) is 0 Å². The zero-order valence-corrected chi connectivity index (χ0v) is 13.3. The first kappa shape index (κ1) is 14.7. The van der Waals surface area contributed by atoms with Crippen molar-refractivity contribution in [1.82, 2.24) is 9.38 Å². The molecule has 3 aromatic rings. The number of pyridine rings is 1. The summed E-state index contributed by atoms with van der Waals surface area (Å²) in [6.45, 7) is 5.52. The van der Waals surface area contributed by atoms with Crippen molar-refractivity contribution in [3.8, 4) is 0 Å². The number of esters is 1. The topological polar surface area (TPSA) is 56.7 Å². The summed E-state index contributed by atoms with van der Waals surface area (Å²) in [5, 5.41) is 0.619. The number of hydrogen-bond donors (Lipinski definition) is 0. The van der Waals surface area contributed by atoms with E-state index in [1.807, 2.05) is 13.8 Å². The van der Waals surface area contributed by atoms with Crippen LogP contribution in [0.4, 0.5) is 0 Å². The summed E-state index contributed by atoms with van der Waals surface area (Å²) in [5.41, 5.74) is 2.71. The molecule has 0 radical (unpaired) electrons. The number of rotatable bonds is 3. The lowest BCUT2D eigenvalue weighted by Crippen LogP contribution is -2.07. The predicted octanol–water partition coefficient (Wildman–Crippen LogP) is 3.86. The van der Waals surface area contributed by atoms with Crippen molar-refractivity contribution in [3.63, 3.8) is 0 Å². The molecule has 0 bridgehead atoms. The molecule has 0 amide bonds. The van der Waals surface area contributed by atoms with Crippen LogP contribution in [-0.2, 0) is 11.3 Å². The summed E-state index contributed by atoms with van der Waals surface area (Å²) in [6.07, 6.45) is 3.54. The van der Waals surface area contributed by atoms with E-state index in [0.717, 1.165) is 17.0 Å². The molecule has 0 atom stereocenters. The van der Waals surface area contributed by atoms with Gasteiger partial charge in [0.05, 0.1) is 10.7 Å². The maximum Gasteiger partial charge on any atom is 0.342 e. The van der Waals surface area contributed by atoms with Crippen LogP contribution >= 0.6 is 11.6 Å². The Hall–Kier alpha value is -2.27. The molecular formula is C16H15ClN2O3. The summed E-state index contributed by atoms with van der Waals surface area (Å²) >= 11 is 5.93. The third-order valence-electron chi connectivity index (χ3n) is 3.58. The van der Waals surface area contributed by atoms with Crippen molar-refractivity contribution in [2.45, 2.75) is 27.4 Å². The van der Waals surface area contributed by atoms with Crippen molar-refractivity contribution < 1.29 is 13.9 Å². The van der Waals surface area contributed by atoms with Crippen LogP contribution in [0.15, 0.2) is 28.9 Å². The lowest BCUT2D eigenvalue weighted by molar-refractivity contribution is 0.0465. The maximum absolute atomic E-state index is 12.2. The molecule has 0 N–H and O–H groups in total. The van der Waals surface area contributed by atoms with Gasteiger partial charge in [-0.3, -0.25) is 0 Å². The molecule has 0 aromatic carbocycles. The van der Waals surface area contributed by atoms with Crippen molar-refractivity contribution in [3.05, 3.63) is 57.9 Å². The van der Waals surface area contributed by atoms with Gasteiger partial charge in [0, 0.05) is 18.0 Å². The normalized spacial score (nSPS) is 11.1. The van der Waals surface area contributed by atoms with E-state index in [1.165, 1.54) is 0 Å². The zero-order valence-electron chi connectivity index (χ0n) is 12.5.